The second-order valence-electron chi connectivity index (χ2n) is 7.91. The highest BCUT2D eigenvalue weighted by atomic mass is 19.4. The average Bonchev–Trinajstić information content (AvgIpc) is 2.78. The monoisotopic (exact) mass is 466 g/mol. The number of alkyl halides is 6. The summed E-state index contributed by atoms with van der Waals surface area (Å²) < 4.78 is 83.3. The van der Waals surface area contributed by atoms with Crippen molar-refractivity contribution in [1.29, 1.82) is 10.5 Å². The molecule has 0 spiro atoms. The molecule has 1 aliphatic rings. The number of rotatable bonds is 3. The van der Waals surface area contributed by atoms with Crippen molar-refractivity contribution >= 4 is 5.78 Å². The summed E-state index contributed by atoms with van der Waals surface area (Å²) in [5.74, 6) is -9.90. The van der Waals surface area contributed by atoms with Gasteiger partial charge in [-0.15, -0.1) is 0 Å². The van der Waals surface area contributed by atoms with Crippen LogP contribution in [-0.4, -0.2) is 28.8 Å². The summed E-state index contributed by atoms with van der Waals surface area (Å²) in [5, 5.41) is 30.9. The summed E-state index contributed by atoms with van der Waals surface area (Å²) in [7, 11) is 0. The number of hydrogen-bond acceptors (Lipinski definition) is 4. The van der Waals surface area contributed by atoms with Crippen molar-refractivity contribution in [1.82, 2.24) is 0 Å². The molecule has 2 aromatic rings. The van der Waals surface area contributed by atoms with Crippen molar-refractivity contribution in [2.45, 2.75) is 36.2 Å². The molecule has 0 heterocycles. The number of nitrogens with zero attached hydrogens (tertiary/aromatic N) is 2. The fourth-order valence-corrected chi connectivity index (χ4v) is 4.69. The van der Waals surface area contributed by atoms with Gasteiger partial charge < -0.3 is 5.11 Å². The van der Waals surface area contributed by atoms with Crippen molar-refractivity contribution in [2.75, 3.05) is 0 Å². The molecule has 1 saturated carbocycles. The molecule has 0 bridgehead atoms. The van der Waals surface area contributed by atoms with Gasteiger partial charge in [-0.2, -0.15) is 36.9 Å². The lowest BCUT2D eigenvalue weighted by atomic mass is 9.49. The molecule has 33 heavy (non-hydrogen) atoms. The van der Waals surface area contributed by atoms with Gasteiger partial charge in [0.05, 0.1) is 18.1 Å². The number of aliphatic hydroxyl groups is 1. The van der Waals surface area contributed by atoms with Crippen molar-refractivity contribution < 1.29 is 36.2 Å². The van der Waals surface area contributed by atoms with Crippen LogP contribution < -0.4 is 0 Å². The van der Waals surface area contributed by atoms with E-state index in [4.69, 9.17) is 0 Å². The molecular formula is C23H16F6N2O2. The van der Waals surface area contributed by atoms with Crippen LogP contribution in [0.4, 0.5) is 26.3 Å². The molecule has 172 valence electrons. The summed E-state index contributed by atoms with van der Waals surface area (Å²) in [6.45, 7) is 0. The van der Waals surface area contributed by atoms with Gasteiger partial charge in [0, 0.05) is 11.8 Å². The van der Waals surface area contributed by atoms with Crippen LogP contribution in [0, 0.1) is 34.0 Å². The first kappa shape index (κ1) is 24.3. The quantitative estimate of drug-likeness (QED) is 0.643. The first-order valence-corrected chi connectivity index (χ1v) is 9.66. The first-order chi connectivity index (χ1) is 15.3. The SMILES string of the molecule is N#CC1(C#N)[C@@H](c2ccccc2)C[C@](O)(C(F)(F)F)[C@H](C(=O)C(F)(F)F)[C@@H]1c1ccccc1. The molecule has 4 atom stereocenters. The topological polar surface area (TPSA) is 84.9 Å². The summed E-state index contributed by atoms with van der Waals surface area (Å²) >= 11 is 0. The van der Waals surface area contributed by atoms with Gasteiger partial charge in [-0.05, 0) is 17.5 Å². The van der Waals surface area contributed by atoms with Gasteiger partial charge in [-0.3, -0.25) is 4.79 Å². The van der Waals surface area contributed by atoms with E-state index >= 15 is 0 Å². The molecule has 0 aromatic heterocycles. The van der Waals surface area contributed by atoms with Gasteiger partial charge >= 0.3 is 12.4 Å². The number of ketones is 1. The standard InChI is InChI=1S/C23H16F6N2O2/c24-22(25,26)19(32)18-17(15-9-5-2-6-10-15)20(12-30,13-31)16(14-7-3-1-4-8-14)11-21(18,33)23(27,28)29/h1-10,16-18,33H,11H2/t16-,17+,18+,21-/m1/s1. The number of halogens is 6. The molecule has 0 unspecified atom stereocenters. The molecule has 0 radical (unpaired) electrons. The van der Waals surface area contributed by atoms with Gasteiger partial charge in [-0.1, -0.05) is 60.7 Å². The van der Waals surface area contributed by atoms with Crippen LogP contribution in [0.25, 0.3) is 0 Å². The molecule has 2 aromatic carbocycles. The maximum absolute atomic E-state index is 14.2. The van der Waals surface area contributed by atoms with E-state index in [2.05, 4.69) is 0 Å². The fourth-order valence-electron chi connectivity index (χ4n) is 4.69. The highest BCUT2D eigenvalue weighted by Crippen LogP contribution is 2.63. The number of hydrogen-bond donors (Lipinski definition) is 1. The Morgan fingerprint density at radius 3 is 1.73 bits per heavy atom. The molecule has 1 fully saturated rings. The van der Waals surface area contributed by atoms with Gasteiger partial charge in [0.15, 0.2) is 11.0 Å². The van der Waals surface area contributed by atoms with Gasteiger partial charge in [0.1, 0.15) is 0 Å². The molecule has 10 heteroatoms. The second kappa shape index (κ2) is 8.20. The van der Waals surface area contributed by atoms with Crippen LogP contribution in [0.5, 0.6) is 0 Å². The summed E-state index contributed by atoms with van der Waals surface area (Å²) in [6.07, 6.45) is -12.9. The Bertz CT molecular complexity index is 1090. The largest absolute Gasteiger partial charge is 0.450 e. The molecule has 3 rings (SSSR count). The number of nitriles is 2. The van der Waals surface area contributed by atoms with Crippen LogP contribution in [0.1, 0.15) is 29.4 Å². The predicted molar refractivity (Wildman–Crippen MR) is 102 cm³/mol. The zero-order valence-electron chi connectivity index (χ0n) is 16.7. The van der Waals surface area contributed by atoms with Gasteiger partial charge in [-0.25, -0.2) is 0 Å². The lowest BCUT2D eigenvalue weighted by molar-refractivity contribution is -0.298. The Morgan fingerprint density at radius 2 is 1.33 bits per heavy atom. The van der Waals surface area contributed by atoms with Crippen molar-refractivity contribution in [2.24, 2.45) is 11.3 Å². The molecule has 4 nitrogen and oxygen atoms in total. The number of carbonyl (C=O) groups is 1. The number of carbonyl (C=O) groups excluding carboxylic acids is 1. The van der Waals surface area contributed by atoms with Crippen LogP contribution in [0.3, 0.4) is 0 Å². The third-order valence-corrected chi connectivity index (χ3v) is 6.19. The van der Waals surface area contributed by atoms with E-state index in [-0.39, 0.29) is 11.1 Å². The van der Waals surface area contributed by atoms with Crippen LogP contribution in [0.2, 0.25) is 0 Å². The highest BCUT2D eigenvalue weighted by molar-refractivity contribution is 5.89. The molecular weight excluding hydrogens is 450 g/mol. The number of Topliss-reactive ketones (excluding diaryl/α,β-unsaturated/α-hetero) is 1. The van der Waals surface area contributed by atoms with Crippen molar-refractivity contribution in [3.8, 4) is 12.1 Å². The fraction of sp³-hybridized carbons (Fsp3) is 0.348. The van der Waals surface area contributed by atoms with E-state index in [0.717, 1.165) is 12.1 Å². The Balaban J connectivity index is 2.44. The molecule has 0 amide bonds. The zero-order valence-corrected chi connectivity index (χ0v) is 16.7. The van der Waals surface area contributed by atoms with Crippen LogP contribution in [-0.2, 0) is 4.79 Å². The third-order valence-electron chi connectivity index (χ3n) is 6.19. The van der Waals surface area contributed by atoms with E-state index in [9.17, 15) is 46.8 Å². The highest BCUT2D eigenvalue weighted by Gasteiger charge is 2.74. The molecule has 1 N–H and O–H groups in total. The normalized spacial score (nSPS) is 27.2. The van der Waals surface area contributed by atoms with Crippen LogP contribution >= 0.6 is 0 Å². The molecule has 0 aliphatic heterocycles. The number of benzene rings is 2. The van der Waals surface area contributed by atoms with Crippen molar-refractivity contribution in [3.63, 3.8) is 0 Å². The Hall–Kier alpha value is -3.37. The Morgan fingerprint density at radius 1 is 0.879 bits per heavy atom. The molecule has 0 saturated heterocycles. The van der Waals surface area contributed by atoms with Gasteiger partial charge in [0.2, 0.25) is 5.78 Å². The third kappa shape index (κ3) is 3.85. The smallest absolute Gasteiger partial charge is 0.380 e. The lowest BCUT2D eigenvalue weighted by Gasteiger charge is -2.53. The Kier molecular flexibility index (Phi) is 6.03. The average molecular weight is 466 g/mol. The molecule has 1 aliphatic carbocycles. The van der Waals surface area contributed by atoms with Crippen LogP contribution in [0.15, 0.2) is 60.7 Å². The summed E-state index contributed by atoms with van der Waals surface area (Å²) in [6, 6.07) is 16.5. The maximum atomic E-state index is 14.2. The maximum Gasteiger partial charge on any atom is 0.450 e. The second-order valence-corrected chi connectivity index (χ2v) is 7.91. The Labute approximate surface area is 184 Å². The summed E-state index contributed by atoms with van der Waals surface area (Å²) in [5.41, 5.74) is -6.91. The lowest BCUT2D eigenvalue weighted by Crippen LogP contribution is -2.65. The van der Waals surface area contributed by atoms with E-state index in [0.29, 0.717) is 0 Å². The predicted octanol–water partition coefficient (Wildman–Crippen LogP) is 5.03. The van der Waals surface area contributed by atoms with E-state index in [1.165, 1.54) is 48.5 Å². The van der Waals surface area contributed by atoms with E-state index < -0.39 is 53.3 Å². The summed E-state index contributed by atoms with van der Waals surface area (Å²) in [4.78, 5) is 12.4. The first-order valence-electron chi connectivity index (χ1n) is 9.66. The minimum atomic E-state index is -5.76. The van der Waals surface area contributed by atoms with Gasteiger partial charge in [0.25, 0.3) is 0 Å². The van der Waals surface area contributed by atoms with Crippen molar-refractivity contribution in [3.05, 3.63) is 71.8 Å². The van der Waals surface area contributed by atoms with E-state index in [1.807, 2.05) is 0 Å². The minimum Gasteiger partial charge on any atom is -0.380 e. The van der Waals surface area contributed by atoms with E-state index in [1.54, 1.807) is 12.1 Å². The minimum absolute atomic E-state index is 0.0436. The zero-order chi connectivity index (χ0) is 24.7.